The molecule has 0 fully saturated rings. The first-order valence-corrected chi connectivity index (χ1v) is 8.17. The van der Waals surface area contributed by atoms with E-state index in [2.05, 4.69) is 10.3 Å². The maximum Gasteiger partial charge on any atom is 0.225 e. The summed E-state index contributed by atoms with van der Waals surface area (Å²) in [5, 5.41) is 3.60. The molecule has 0 aliphatic heterocycles. The number of benzene rings is 2. The fourth-order valence-electron chi connectivity index (χ4n) is 2.65. The van der Waals surface area contributed by atoms with Crippen LogP contribution in [-0.4, -0.2) is 15.5 Å². The zero-order chi connectivity index (χ0) is 17.8. The van der Waals surface area contributed by atoms with E-state index >= 15 is 0 Å². The van der Waals surface area contributed by atoms with Gasteiger partial charge < -0.3 is 9.88 Å². The SMILES string of the molecule is Cn1ccnc1[C@H](NC(=O)Cc1cccc(F)c1)c1ccc(Cl)cc1. The topological polar surface area (TPSA) is 46.9 Å². The van der Waals surface area contributed by atoms with Crippen LogP contribution in [0.15, 0.2) is 60.9 Å². The van der Waals surface area contributed by atoms with Crippen molar-refractivity contribution in [2.75, 3.05) is 0 Å². The summed E-state index contributed by atoms with van der Waals surface area (Å²) in [6.07, 6.45) is 3.58. The zero-order valence-electron chi connectivity index (χ0n) is 13.6. The summed E-state index contributed by atoms with van der Waals surface area (Å²) >= 11 is 5.96. The normalized spacial score (nSPS) is 12.0. The number of halogens is 2. The van der Waals surface area contributed by atoms with E-state index in [0.717, 1.165) is 5.56 Å². The van der Waals surface area contributed by atoms with Crippen molar-refractivity contribution in [2.45, 2.75) is 12.5 Å². The second-order valence-corrected chi connectivity index (χ2v) is 6.19. The number of imidazole rings is 1. The summed E-state index contributed by atoms with van der Waals surface area (Å²) in [6, 6.07) is 12.8. The van der Waals surface area contributed by atoms with Crippen LogP contribution in [0.3, 0.4) is 0 Å². The molecule has 0 radical (unpaired) electrons. The highest BCUT2D eigenvalue weighted by Crippen LogP contribution is 2.22. The minimum absolute atomic E-state index is 0.0896. The molecule has 0 aliphatic rings. The first kappa shape index (κ1) is 17.2. The summed E-state index contributed by atoms with van der Waals surface area (Å²) in [5.74, 6) is 0.132. The third-order valence-electron chi connectivity index (χ3n) is 3.88. The molecule has 128 valence electrons. The van der Waals surface area contributed by atoms with Crippen LogP contribution in [0.1, 0.15) is 23.0 Å². The number of aryl methyl sites for hydroxylation is 1. The molecule has 0 aliphatic carbocycles. The average Bonchev–Trinajstić information content (AvgIpc) is 2.99. The minimum atomic E-state index is -0.418. The Morgan fingerprint density at radius 3 is 2.68 bits per heavy atom. The largest absolute Gasteiger partial charge is 0.342 e. The lowest BCUT2D eigenvalue weighted by Crippen LogP contribution is -2.32. The van der Waals surface area contributed by atoms with Crippen LogP contribution in [0, 0.1) is 5.82 Å². The van der Waals surface area contributed by atoms with Crippen molar-refractivity contribution < 1.29 is 9.18 Å². The molecule has 0 saturated heterocycles. The molecule has 1 atom stereocenters. The van der Waals surface area contributed by atoms with Gasteiger partial charge in [0.1, 0.15) is 17.7 Å². The van der Waals surface area contributed by atoms with Gasteiger partial charge in [-0.1, -0.05) is 35.9 Å². The average molecular weight is 358 g/mol. The van der Waals surface area contributed by atoms with Crippen molar-refractivity contribution in [2.24, 2.45) is 7.05 Å². The van der Waals surface area contributed by atoms with Crippen molar-refractivity contribution in [3.8, 4) is 0 Å². The van der Waals surface area contributed by atoms with E-state index < -0.39 is 6.04 Å². The van der Waals surface area contributed by atoms with Gasteiger partial charge in [0.25, 0.3) is 0 Å². The summed E-state index contributed by atoms with van der Waals surface area (Å²) in [4.78, 5) is 16.8. The highest BCUT2D eigenvalue weighted by atomic mass is 35.5. The van der Waals surface area contributed by atoms with E-state index in [1.54, 1.807) is 30.5 Å². The van der Waals surface area contributed by atoms with Crippen LogP contribution >= 0.6 is 11.6 Å². The van der Waals surface area contributed by atoms with Crippen LogP contribution in [0.25, 0.3) is 0 Å². The quantitative estimate of drug-likeness (QED) is 0.757. The second-order valence-electron chi connectivity index (χ2n) is 5.76. The summed E-state index contributed by atoms with van der Waals surface area (Å²) in [7, 11) is 1.87. The molecule has 3 aromatic rings. The lowest BCUT2D eigenvalue weighted by Gasteiger charge is -2.19. The van der Waals surface area contributed by atoms with Crippen molar-refractivity contribution in [1.82, 2.24) is 14.9 Å². The van der Waals surface area contributed by atoms with Gasteiger partial charge in [0.2, 0.25) is 5.91 Å². The Hall–Kier alpha value is -2.66. The number of hydrogen-bond donors (Lipinski definition) is 1. The molecule has 25 heavy (non-hydrogen) atoms. The van der Waals surface area contributed by atoms with Gasteiger partial charge in [-0.05, 0) is 35.4 Å². The van der Waals surface area contributed by atoms with Gasteiger partial charge in [-0.25, -0.2) is 9.37 Å². The van der Waals surface area contributed by atoms with E-state index in [9.17, 15) is 9.18 Å². The monoisotopic (exact) mass is 357 g/mol. The fraction of sp³-hybridized carbons (Fsp3) is 0.158. The zero-order valence-corrected chi connectivity index (χ0v) is 14.4. The second kappa shape index (κ2) is 7.49. The van der Waals surface area contributed by atoms with E-state index in [-0.39, 0.29) is 18.1 Å². The molecule has 0 bridgehead atoms. The molecule has 4 nitrogen and oxygen atoms in total. The van der Waals surface area contributed by atoms with Crippen LogP contribution in [0.4, 0.5) is 4.39 Å². The molecule has 2 aromatic carbocycles. The predicted molar refractivity (Wildman–Crippen MR) is 94.7 cm³/mol. The Labute approximate surface area is 150 Å². The number of amides is 1. The third kappa shape index (κ3) is 4.25. The van der Waals surface area contributed by atoms with Crippen molar-refractivity contribution in [3.63, 3.8) is 0 Å². The lowest BCUT2D eigenvalue weighted by molar-refractivity contribution is -0.121. The van der Waals surface area contributed by atoms with Gasteiger partial charge in [-0.3, -0.25) is 4.79 Å². The van der Waals surface area contributed by atoms with Crippen LogP contribution in [0.5, 0.6) is 0 Å². The molecule has 1 amide bonds. The number of carbonyl (C=O) groups is 1. The van der Waals surface area contributed by atoms with Crippen LogP contribution in [0.2, 0.25) is 5.02 Å². The maximum absolute atomic E-state index is 13.3. The van der Waals surface area contributed by atoms with E-state index in [1.807, 2.05) is 29.9 Å². The van der Waals surface area contributed by atoms with E-state index in [4.69, 9.17) is 11.6 Å². The highest BCUT2D eigenvalue weighted by Gasteiger charge is 2.20. The number of carbonyl (C=O) groups excluding carboxylic acids is 1. The standard InChI is InChI=1S/C19H17ClFN3O/c1-24-10-9-22-19(24)18(14-5-7-15(20)8-6-14)23-17(25)12-13-3-2-4-16(21)11-13/h2-11,18H,12H2,1H3,(H,23,25)/t18-/m1/s1. The van der Waals surface area contributed by atoms with Gasteiger partial charge in [0.15, 0.2) is 0 Å². The fourth-order valence-corrected chi connectivity index (χ4v) is 2.78. The molecule has 1 aromatic heterocycles. The Bertz CT molecular complexity index is 876. The minimum Gasteiger partial charge on any atom is -0.342 e. The molecular formula is C19H17ClFN3O. The van der Waals surface area contributed by atoms with Gasteiger partial charge in [-0.15, -0.1) is 0 Å². The van der Waals surface area contributed by atoms with E-state index in [0.29, 0.717) is 16.4 Å². The first-order chi connectivity index (χ1) is 12.0. The highest BCUT2D eigenvalue weighted by molar-refractivity contribution is 6.30. The Morgan fingerprint density at radius 2 is 2.04 bits per heavy atom. The Morgan fingerprint density at radius 1 is 1.28 bits per heavy atom. The Kier molecular flexibility index (Phi) is 5.14. The Balaban J connectivity index is 1.83. The van der Waals surface area contributed by atoms with Crippen LogP contribution in [-0.2, 0) is 18.3 Å². The molecule has 0 saturated carbocycles. The van der Waals surface area contributed by atoms with Gasteiger partial charge in [0.05, 0.1) is 6.42 Å². The van der Waals surface area contributed by atoms with E-state index in [1.165, 1.54) is 12.1 Å². The summed E-state index contributed by atoms with van der Waals surface area (Å²) < 4.78 is 15.2. The molecule has 3 rings (SSSR count). The number of nitrogens with zero attached hydrogens (tertiary/aromatic N) is 2. The van der Waals surface area contributed by atoms with Gasteiger partial charge >= 0.3 is 0 Å². The van der Waals surface area contributed by atoms with Gasteiger partial charge in [-0.2, -0.15) is 0 Å². The van der Waals surface area contributed by atoms with Crippen LogP contribution < -0.4 is 5.32 Å². The molecular weight excluding hydrogens is 341 g/mol. The molecule has 6 heteroatoms. The lowest BCUT2D eigenvalue weighted by atomic mass is 10.1. The molecule has 1 N–H and O–H groups in total. The smallest absolute Gasteiger partial charge is 0.225 e. The van der Waals surface area contributed by atoms with Crippen molar-refractivity contribution in [3.05, 3.63) is 88.7 Å². The third-order valence-corrected chi connectivity index (χ3v) is 4.13. The van der Waals surface area contributed by atoms with Crippen molar-refractivity contribution >= 4 is 17.5 Å². The number of aromatic nitrogens is 2. The number of nitrogens with one attached hydrogen (secondary N) is 1. The molecule has 0 unspecified atom stereocenters. The molecule has 1 heterocycles. The molecule has 0 spiro atoms. The number of rotatable bonds is 5. The summed E-state index contributed by atoms with van der Waals surface area (Å²) in [6.45, 7) is 0. The summed E-state index contributed by atoms with van der Waals surface area (Å²) in [5.41, 5.74) is 1.48. The van der Waals surface area contributed by atoms with Gasteiger partial charge in [0, 0.05) is 24.5 Å². The first-order valence-electron chi connectivity index (χ1n) is 7.79. The van der Waals surface area contributed by atoms with Crippen molar-refractivity contribution in [1.29, 1.82) is 0 Å². The maximum atomic E-state index is 13.3. The number of hydrogen-bond acceptors (Lipinski definition) is 2. The predicted octanol–water partition coefficient (Wildman–Crippen LogP) is 3.66.